The van der Waals surface area contributed by atoms with E-state index in [1.807, 2.05) is 36.4 Å². The van der Waals surface area contributed by atoms with Crippen LogP contribution in [0, 0.1) is 0 Å². The molecule has 4 heterocycles. The molecule has 0 amide bonds. The van der Waals surface area contributed by atoms with Crippen LogP contribution in [0.2, 0.25) is 0 Å². The minimum absolute atomic E-state index is 0.0174. The fourth-order valence-electron chi connectivity index (χ4n) is 3.88. The van der Waals surface area contributed by atoms with Gasteiger partial charge in [0.05, 0.1) is 22.1 Å². The van der Waals surface area contributed by atoms with E-state index in [9.17, 15) is 4.79 Å². The number of H-pyrrole nitrogens is 1. The van der Waals surface area contributed by atoms with Crippen LogP contribution >= 0.6 is 0 Å². The zero-order valence-electron chi connectivity index (χ0n) is 18.0. The van der Waals surface area contributed by atoms with E-state index >= 15 is 0 Å². The summed E-state index contributed by atoms with van der Waals surface area (Å²) in [5.74, 6) is 0.0494. The molecule has 0 radical (unpaired) electrons. The second-order valence-electron chi connectivity index (χ2n) is 8.10. The second-order valence-corrected chi connectivity index (χ2v) is 8.10. The van der Waals surface area contributed by atoms with Crippen molar-refractivity contribution >= 4 is 28.0 Å². The van der Waals surface area contributed by atoms with Gasteiger partial charge in [-0.3, -0.25) is 0 Å². The van der Waals surface area contributed by atoms with Gasteiger partial charge >= 0.3 is 5.97 Å². The molecule has 2 aromatic heterocycles. The number of nitrogens with zero attached hydrogens (tertiary/aromatic N) is 3. The number of imidazole rings is 1. The van der Waals surface area contributed by atoms with Gasteiger partial charge in [0.15, 0.2) is 0 Å². The van der Waals surface area contributed by atoms with Crippen molar-refractivity contribution in [1.82, 2.24) is 25.3 Å². The number of rotatable bonds is 4. The number of carbonyl (C=O) groups is 1. The lowest BCUT2D eigenvalue weighted by Crippen LogP contribution is -2.50. The minimum Gasteiger partial charge on any atom is -0.475 e. The first-order chi connectivity index (χ1) is 16.2. The third-order valence-corrected chi connectivity index (χ3v) is 5.79. The Balaban J connectivity index is 0.000000162. The average Bonchev–Trinajstić information content (AvgIpc) is 3.27. The second kappa shape index (κ2) is 9.51. The molecule has 0 atom stereocenters. The summed E-state index contributed by atoms with van der Waals surface area (Å²) in [5, 5.41) is 11.8. The smallest absolute Gasteiger partial charge is 0.371 e. The Hall–Kier alpha value is -3.56. The summed E-state index contributed by atoms with van der Waals surface area (Å²) in [4.78, 5) is 26.6. The van der Waals surface area contributed by atoms with Crippen LogP contribution in [-0.2, 0) is 4.74 Å². The lowest BCUT2D eigenvalue weighted by atomic mass is 9.96. The van der Waals surface area contributed by atoms with Crippen LogP contribution in [0.4, 0.5) is 0 Å². The molecule has 9 heteroatoms. The van der Waals surface area contributed by atoms with Crippen molar-refractivity contribution < 1.29 is 19.4 Å². The van der Waals surface area contributed by atoms with E-state index in [0.717, 1.165) is 61.4 Å². The first-order valence-corrected chi connectivity index (χ1v) is 11.1. The Morgan fingerprint density at radius 2 is 1.61 bits per heavy atom. The number of aromatic nitrogens is 4. The molecular weight excluding hydrogens is 422 g/mol. The molecule has 6 rings (SSSR count). The molecule has 2 aromatic carbocycles. The standard InChI is InChI=1S/C16H19N3O2.C8H6N2O2/c1-2-4-14-13(3-1)18-15(11-5-7-20-8-6-11)16(19-14)21-12-9-17-10-12;11-8(12)7-9-5-3-1-2-4-6(5)10-7/h1-4,11-12,17H,5-10H2;1-4H,(H,9,10)(H,11,12). The molecule has 0 spiro atoms. The number of hydrogen-bond donors (Lipinski definition) is 3. The number of nitrogens with one attached hydrogen (secondary N) is 2. The minimum atomic E-state index is -1.04. The first-order valence-electron chi connectivity index (χ1n) is 11.1. The van der Waals surface area contributed by atoms with Gasteiger partial charge in [0.2, 0.25) is 11.7 Å². The zero-order valence-corrected chi connectivity index (χ0v) is 18.0. The SMILES string of the molecule is O=C(O)c1nc2ccccc2[nH]1.c1ccc2nc(C3CCOCC3)c(OC3CNC3)nc2c1. The predicted octanol–water partition coefficient (Wildman–Crippen LogP) is 3.14. The molecule has 0 bridgehead atoms. The van der Waals surface area contributed by atoms with Gasteiger partial charge in [-0.15, -0.1) is 0 Å². The lowest BCUT2D eigenvalue weighted by Gasteiger charge is -2.29. The molecular formula is C24H25N5O4. The molecule has 0 unspecified atom stereocenters. The third kappa shape index (κ3) is 4.79. The highest BCUT2D eigenvalue weighted by atomic mass is 16.5. The van der Waals surface area contributed by atoms with Crippen molar-refractivity contribution in [3.63, 3.8) is 0 Å². The topological polar surface area (TPSA) is 122 Å². The monoisotopic (exact) mass is 447 g/mol. The molecule has 9 nitrogen and oxygen atoms in total. The summed E-state index contributed by atoms with van der Waals surface area (Å²) in [7, 11) is 0. The van der Waals surface area contributed by atoms with Crippen molar-refractivity contribution in [2.75, 3.05) is 26.3 Å². The highest BCUT2D eigenvalue weighted by Gasteiger charge is 2.26. The molecule has 2 saturated heterocycles. The average molecular weight is 447 g/mol. The molecule has 170 valence electrons. The van der Waals surface area contributed by atoms with Crippen molar-refractivity contribution in [3.05, 3.63) is 60.0 Å². The summed E-state index contributed by atoms with van der Waals surface area (Å²) in [6.45, 7) is 3.37. The molecule has 4 aromatic rings. The Labute approximate surface area is 190 Å². The van der Waals surface area contributed by atoms with Gasteiger partial charge in [0.25, 0.3) is 0 Å². The number of aromatic amines is 1. The summed E-state index contributed by atoms with van der Waals surface area (Å²) in [6, 6.07) is 15.2. The normalized spacial score (nSPS) is 16.7. The van der Waals surface area contributed by atoms with Gasteiger partial charge in [-0.2, -0.15) is 0 Å². The number of carboxylic acids is 1. The van der Waals surface area contributed by atoms with E-state index < -0.39 is 5.97 Å². The maximum absolute atomic E-state index is 10.5. The van der Waals surface area contributed by atoms with Crippen LogP contribution < -0.4 is 10.1 Å². The Bertz CT molecular complexity index is 1230. The van der Waals surface area contributed by atoms with Crippen LogP contribution in [0.15, 0.2) is 48.5 Å². The Kier molecular flexibility index (Phi) is 6.14. The summed E-state index contributed by atoms with van der Waals surface area (Å²) in [6.07, 6.45) is 2.21. The van der Waals surface area contributed by atoms with Crippen LogP contribution in [0.5, 0.6) is 5.88 Å². The van der Waals surface area contributed by atoms with Gasteiger partial charge in [0.1, 0.15) is 11.8 Å². The van der Waals surface area contributed by atoms with Gasteiger partial charge in [-0.1, -0.05) is 24.3 Å². The van der Waals surface area contributed by atoms with E-state index in [0.29, 0.717) is 17.3 Å². The fourth-order valence-corrected chi connectivity index (χ4v) is 3.88. The number of fused-ring (bicyclic) bond motifs is 2. The summed E-state index contributed by atoms with van der Waals surface area (Å²) < 4.78 is 11.5. The summed E-state index contributed by atoms with van der Waals surface area (Å²) in [5.41, 5.74) is 4.27. The van der Waals surface area contributed by atoms with Crippen molar-refractivity contribution in [3.8, 4) is 5.88 Å². The van der Waals surface area contributed by atoms with E-state index in [4.69, 9.17) is 24.5 Å². The molecule has 3 N–H and O–H groups in total. The highest BCUT2D eigenvalue weighted by molar-refractivity contribution is 5.88. The molecule has 33 heavy (non-hydrogen) atoms. The van der Waals surface area contributed by atoms with Crippen LogP contribution in [0.3, 0.4) is 0 Å². The Morgan fingerprint density at radius 1 is 0.939 bits per heavy atom. The quantitative estimate of drug-likeness (QED) is 0.436. The van der Waals surface area contributed by atoms with Crippen LogP contribution in [0.1, 0.15) is 35.1 Å². The van der Waals surface area contributed by atoms with Crippen LogP contribution in [-0.4, -0.2) is 63.4 Å². The number of para-hydroxylation sites is 4. The molecule has 2 aliphatic heterocycles. The maximum atomic E-state index is 10.5. The third-order valence-electron chi connectivity index (χ3n) is 5.79. The largest absolute Gasteiger partial charge is 0.475 e. The number of carboxylic acid groups (broad SMARTS) is 1. The molecule has 0 saturated carbocycles. The molecule has 2 fully saturated rings. The summed E-state index contributed by atoms with van der Waals surface area (Å²) >= 11 is 0. The molecule has 2 aliphatic rings. The Morgan fingerprint density at radius 3 is 2.24 bits per heavy atom. The van der Waals surface area contributed by atoms with E-state index in [1.54, 1.807) is 12.1 Å². The van der Waals surface area contributed by atoms with E-state index in [1.165, 1.54) is 0 Å². The van der Waals surface area contributed by atoms with Crippen LogP contribution in [0.25, 0.3) is 22.1 Å². The van der Waals surface area contributed by atoms with Crippen molar-refractivity contribution in [2.24, 2.45) is 0 Å². The van der Waals surface area contributed by atoms with E-state index in [-0.39, 0.29) is 11.9 Å². The predicted molar refractivity (Wildman–Crippen MR) is 123 cm³/mol. The van der Waals surface area contributed by atoms with E-state index in [2.05, 4.69) is 15.3 Å². The lowest BCUT2D eigenvalue weighted by molar-refractivity contribution is 0.0685. The van der Waals surface area contributed by atoms with Crippen molar-refractivity contribution in [1.29, 1.82) is 0 Å². The molecule has 0 aliphatic carbocycles. The van der Waals surface area contributed by atoms with Gasteiger partial charge in [-0.25, -0.2) is 19.7 Å². The first kappa shape index (κ1) is 21.3. The van der Waals surface area contributed by atoms with Gasteiger partial charge in [0, 0.05) is 32.2 Å². The van der Waals surface area contributed by atoms with Gasteiger partial charge in [-0.05, 0) is 37.1 Å². The fraction of sp³-hybridized carbons (Fsp3) is 0.333. The maximum Gasteiger partial charge on any atom is 0.371 e. The number of hydrogen-bond acceptors (Lipinski definition) is 7. The number of ether oxygens (including phenoxy) is 2. The van der Waals surface area contributed by atoms with Crippen molar-refractivity contribution in [2.45, 2.75) is 24.9 Å². The van der Waals surface area contributed by atoms with Gasteiger partial charge < -0.3 is 24.9 Å². The highest BCUT2D eigenvalue weighted by Crippen LogP contribution is 2.33. The number of benzene rings is 2. The number of aromatic carboxylic acids is 1. The zero-order chi connectivity index (χ0) is 22.6.